The van der Waals surface area contributed by atoms with Crippen LogP contribution < -0.4 is 5.32 Å². The van der Waals surface area contributed by atoms with Crippen molar-refractivity contribution in [2.24, 2.45) is 0 Å². The van der Waals surface area contributed by atoms with E-state index in [1.165, 1.54) is 17.7 Å². The van der Waals surface area contributed by atoms with Gasteiger partial charge in [-0.15, -0.1) is 0 Å². The van der Waals surface area contributed by atoms with Crippen molar-refractivity contribution in [1.29, 1.82) is 0 Å². The number of urea groups is 1. The van der Waals surface area contributed by atoms with E-state index in [9.17, 15) is 9.18 Å². The highest BCUT2D eigenvalue weighted by Crippen LogP contribution is 2.13. The molecule has 0 spiro atoms. The van der Waals surface area contributed by atoms with Crippen molar-refractivity contribution < 1.29 is 9.18 Å². The van der Waals surface area contributed by atoms with Crippen LogP contribution in [0.3, 0.4) is 0 Å². The molecule has 0 unspecified atom stereocenters. The van der Waals surface area contributed by atoms with Gasteiger partial charge in [-0.3, -0.25) is 4.90 Å². The van der Waals surface area contributed by atoms with Crippen LogP contribution >= 0.6 is 11.6 Å². The molecule has 2 amide bonds. The van der Waals surface area contributed by atoms with Crippen molar-refractivity contribution >= 4 is 17.6 Å². The van der Waals surface area contributed by atoms with Crippen molar-refractivity contribution in [3.05, 3.63) is 70.5 Å². The lowest BCUT2D eigenvalue weighted by atomic mass is 10.2. The molecule has 0 aliphatic carbocycles. The van der Waals surface area contributed by atoms with Crippen LogP contribution in [-0.4, -0.2) is 42.0 Å². The molecular weight excluding hydrogens is 353 g/mol. The molecule has 1 N–H and O–H groups in total. The van der Waals surface area contributed by atoms with Crippen molar-refractivity contribution in [1.82, 2.24) is 15.1 Å². The topological polar surface area (TPSA) is 35.6 Å². The fraction of sp³-hybridized carbons (Fsp3) is 0.350. The zero-order chi connectivity index (χ0) is 18.4. The van der Waals surface area contributed by atoms with Gasteiger partial charge < -0.3 is 10.2 Å². The first kappa shape index (κ1) is 18.7. The second kappa shape index (κ2) is 9.01. The van der Waals surface area contributed by atoms with Gasteiger partial charge in [0.15, 0.2) is 0 Å². The highest BCUT2D eigenvalue weighted by Gasteiger charge is 2.19. The number of carbonyl (C=O) groups is 1. The number of rotatable bonds is 4. The lowest BCUT2D eigenvalue weighted by Crippen LogP contribution is -2.41. The number of benzene rings is 2. The maximum Gasteiger partial charge on any atom is 0.317 e. The van der Waals surface area contributed by atoms with Gasteiger partial charge in [-0.05, 0) is 41.8 Å². The van der Waals surface area contributed by atoms with Crippen LogP contribution in [0.1, 0.15) is 17.5 Å². The molecule has 1 saturated heterocycles. The molecule has 1 fully saturated rings. The van der Waals surface area contributed by atoms with Crippen molar-refractivity contribution in [2.75, 3.05) is 26.2 Å². The number of hydrogen-bond acceptors (Lipinski definition) is 2. The van der Waals surface area contributed by atoms with E-state index in [-0.39, 0.29) is 11.8 Å². The second-order valence-corrected chi connectivity index (χ2v) is 6.97. The molecule has 0 radical (unpaired) electrons. The minimum absolute atomic E-state index is 0.0948. The van der Waals surface area contributed by atoms with E-state index in [1.54, 1.807) is 12.1 Å². The van der Waals surface area contributed by atoms with Gasteiger partial charge in [-0.25, -0.2) is 9.18 Å². The molecule has 3 rings (SSSR count). The Labute approximate surface area is 158 Å². The maximum absolute atomic E-state index is 13.2. The summed E-state index contributed by atoms with van der Waals surface area (Å²) in [4.78, 5) is 16.6. The third-order valence-corrected chi connectivity index (χ3v) is 4.78. The lowest BCUT2D eigenvalue weighted by Gasteiger charge is -2.22. The summed E-state index contributed by atoms with van der Waals surface area (Å²) in [5.74, 6) is -0.288. The molecule has 1 aliphatic heterocycles. The normalized spacial score (nSPS) is 15.5. The minimum atomic E-state index is -0.288. The molecule has 0 saturated carbocycles. The Balaban J connectivity index is 1.48. The number of nitrogens with zero attached hydrogens (tertiary/aromatic N) is 2. The van der Waals surface area contributed by atoms with Gasteiger partial charge in [-0.2, -0.15) is 0 Å². The van der Waals surface area contributed by atoms with Crippen LogP contribution in [0.25, 0.3) is 0 Å². The van der Waals surface area contributed by atoms with Gasteiger partial charge in [0, 0.05) is 44.3 Å². The Morgan fingerprint density at radius 3 is 2.62 bits per heavy atom. The smallest absolute Gasteiger partial charge is 0.317 e. The van der Waals surface area contributed by atoms with Crippen molar-refractivity contribution in [3.63, 3.8) is 0 Å². The molecule has 1 heterocycles. The number of amides is 2. The van der Waals surface area contributed by atoms with Gasteiger partial charge in [0.05, 0.1) is 0 Å². The number of nitrogens with one attached hydrogen (secondary N) is 1. The van der Waals surface area contributed by atoms with Gasteiger partial charge >= 0.3 is 6.03 Å². The van der Waals surface area contributed by atoms with Crippen LogP contribution in [0.15, 0.2) is 48.5 Å². The van der Waals surface area contributed by atoms with E-state index < -0.39 is 0 Å². The summed E-state index contributed by atoms with van der Waals surface area (Å²) < 4.78 is 13.2. The summed E-state index contributed by atoms with van der Waals surface area (Å²) in [5.41, 5.74) is 1.98. The fourth-order valence-electron chi connectivity index (χ4n) is 3.12. The highest BCUT2D eigenvalue weighted by atomic mass is 35.5. The first-order chi connectivity index (χ1) is 12.6. The third-order valence-electron chi connectivity index (χ3n) is 4.53. The molecule has 0 aromatic heterocycles. The molecule has 6 heteroatoms. The Hall–Kier alpha value is -2.11. The number of carbonyl (C=O) groups excluding carboxylic acids is 1. The Kier molecular flexibility index (Phi) is 6.47. The van der Waals surface area contributed by atoms with Crippen molar-refractivity contribution in [2.45, 2.75) is 19.5 Å². The molecule has 2 aromatic rings. The van der Waals surface area contributed by atoms with Gasteiger partial charge in [0.25, 0.3) is 0 Å². The van der Waals surface area contributed by atoms with E-state index in [1.807, 2.05) is 29.2 Å². The zero-order valence-electron chi connectivity index (χ0n) is 14.6. The van der Waals surface area contributed by atoms with E-state index in [4.69, 9.17) is 11.6 Å². The molecule has 2 aromatic carbocycles. The second-order valence-electron chi connectivity index (χ2n) is 6.53. The van der Waals surface area contributed by atoms with E-state index in [0.29, 0.717) is 13.1 Å². The van der Waals surface area contributed by atoms with E-state index in [0.717, 1.165) is 43.2 Å². The fourth-order valence-corrected chi connectivity index (χ4v) is 3.24. The molecule has 1 aliphatic rings. The highest BCUT2D eigenvalue weighted by molar-refractivity contribution is 6.30. The summed E-state index contributed by atoms with van der Waals surface area (Å²) in [6.45, 7) is 4.39. The SMILES string of the molecule is O=C(NCc1cccc(F)c1)N1CCCN(Cc2ccc(Cl)cc2)CC1. The summed E-state index contributed by atoms with van der Waals surface area (Å²) in [6.07, 6.45) is 0.932. The van der Waals surface area contributed by atoms with Crippen LogP contribution in [-0.2, 0) is 13.1 Å². The average molecular weight is 376 g/mol. The van der Waals surface area contributed by atoms with E-state index in [2.05, 4.69) is 10.2 Å². The molecule has 0 atom stereocenters. The van der Waals surface area contributed by atoms with Gasteiger partial charge in [-0.1, -0.05) is 35.9 Å². The molecule has 4 nitrogen and oxygen atoms in total. The molecule has 26 heavy (non-hydrogen) atoms. The van der Waals surface area contributed by atoms with Gasteiger partial charge in [0.2, 0.25) is 0 Å². The Morgan fingerprint density at radius 1 is 1.04 bits per heavy atom. The van der Waals surface area contributed by atoms with Gasteiger partial charge in [0.1, 0.15) is 5.82 Å². The lowest BCUT2D eigenvalue weighted by molar-refractivity contribution is 0.197. The average Bonchev–Trinajstić information content (AvgIpc) is 2.87. The first-order valence-corrected chi connectivity index (χ1v) is 9.22. The molecular formula is C20H23ClFN3O. The van der Waals surface area contributed by atoms with Crippen LogP contribution in [0.2, 0.25) is 5.02 Å². The Bertz CT molecular complexity index is 738. The molecule has 0 bridgehead atoms. The minimum Gasteiger partial charge on any atom is -0.334 e. The van der Waals surface area contributed by atoms with Crippen LogP contribution in [0.4, 0.5) is 9.18 Å². The van der Waals surface area contributed by atoms with Crippen LogP contribution in [0, 0.1) is 5.82 Å². The summed E-state index contributed by atoms with van der Waals surface area (Å²) >= 11 is 5.93. The first-order valence-electron chi connectivity index (χ1n) is 8.84. The standard InChI is InChI=1S/C20H23ClFN3O/c21-18-7-5-16(6-8-18)15-24-9-2-10-25(12-11-24)20(26)23-14-17-3-1-4-19(22)13-17/h1,3-8,13H,2,9-12,14-15H2,(H,23,26). The monoisotopic (exact) mass is 375 g/mol. The predicted molar refractivity (Wildman–Crippen MR) is 102 cm³/mol. The van der Waals surface area contributed by atoms with Crippen molar-refractivity contribution in [3.8, 4) is 0 Å². The maximum atomic E-state index is 13.2. The summed E-state index contributed by atoms with van der Waals surface area (Å²) in [5, 5.41) is 3.62. The number of hydrogen-bond donors (Lipinski definition) is 1. The summed E-state index contributed by atoms with van der Waals surface area (Å²) in [7, 11) is 0. The zero-order valence-corrected chi connectivity index (χ0v) is 15.4. The molecule has 138 valence electrons. The largest absolute Gasteiger partial charge is 0.334 e. The summed E-state index contributed by atoms with van der Waals surface area (Å²) in [6, 6.07) is 14.1. The number of halogens is 2. The Morgan fingerprint density at radius 2 is 1.85 bits per heavy atom. The van der Waals surface area contributed by atoms with Crippen LogP contribution in [0.5, 0.6) is 0 Å². The third kappa shape index (κ3) is 5.44. The quantitative estimate of drug-likeness (QED) is 0.879. The van der Waals surface area contributed by atoms with E-state index >= 15 is 0 Å². The predicted octanol–water partition coefficient (Wildman–Crippen LogP) is 3.90.